The molecule has 0 aliphatic carbocycles. The number of carbonyl (C=O) groups excluding carboxylic acids is 1. The number of ether oxygens (including phenoxy) is 1. The standard InChI is InChI=1S/C12H15NO2/c1-3-9-11(12(14)15-2)8-6-4-5-7-10(8)13-9/h4-7,9,11,13H,3H2,1-2H3. The number of benzene rings is 1. The summed E-state index contributed by atoms with van der Waals surface area (Å²) < 4.78 is 4.84. The number of anilines is 1. The molecule has 0 fully saturated rings. The topological polar surface area (TPSA) is 38.3 Å². The fourth-order valence-corrected chi connectivity index (χ4v) is 2.16. The SMILES string of the molecule is CCC1Nc2ccccc2C1C(=O)OC. The van der Waals surface area contributed by atoms with E-state index in [0.717, 1.165) is 17.7 Å². The van der Waals surface area contributed by atoms with E-state index < -0.39 is 0 Å². The van der Waals surface area contributed by atoms with Gasteiger partial charge < -0.3 is 10.1 Å². The lowest BCUT2D eigenvalue weighted by atomic mass is 9.94. The number of hydrogen-bond donors (Lipinski definition) is 1. The monoisotopic (exact) mass is 205 g/mol. The number of carbonyl (C=O) groups is 1. The molecule has 0 bridgehead atoms. The van der Waals surface area contributed by atoms with Gasteiger partial charge in [-0.2, -0.15) is 0 Å². The molecule has 1 N–H and O–H groups in total. The number of rotatable bonds is 2. The van der Waals surface area contributed by atoms with Gasteiger partial charge in [-0.25, -0.2) is 0 Å². The van der Waals surface area contributed by atoms with Crippen LogP contribution in [0.1, 0.15) is 24.8 Å². The third-order valence-corrected chi connectivity index (χ3v) is 2.93. The molecule has 1 aromatic rings. The van der Waals surface area contributed by atoms with Crippen LogP contribution in [0.4, 0.5) is 5.69 Å². The van der Waals surface area contributed by atoms with E-state index in [2.05, 4.69) is 12.2 Å². The molecule has 0 aromatic heterocycles. The number of fused-ring (bicyclic) bond motifs is 1. The molecule has 0 amide bonds. The van der Waals surface area contributed by atoms with E-state index in [4.69, 9.17) is 4.74 Å². The van der Waals surface area contributed by atoms with E-state index in [1.54, 1.807) is 0 Å². The van der Waals surface area contributed by atoms with Gasteiger partial charge >= 0.3 is 5.97 Å². The summed E-state index contributed by atoms with van der Waals surface area (Å²) in [6, 6.07) is 8.07. The summed E-state index contributed by atoms with van der Waals surface area (Å²) in [4.78, 5) is 11.7. The van der Waals surface area contributed by atoms with Crippen LogP contribution in [-0.2, 0) is 9.53 Å². The van der Waals surface area contributed by atoms with Gasteiger partial charge in [0, 0.05) is 11.7 Å². The Morgan fingerprint density at radius 3 is 2.87 bits per heavy atom. The van der Waals surface area contributed by atoms with Gasteiger partial charge in [-0.1, -0.05) is 25.1 Å². The molecular weight excluding hydrogens is 190 g/mol. The van der Waals surface area contributed by atoms with Crippen molar-refractivity contribution in [2.45, 2.75) is 25.3 Å². The summed E-state index contributed by atoms with van der Waals surface area (Å²) in [5.74, 6) is -0.310. The lowest BCUT2D eigenvalue weighted by molar-refractivity contribution is -0.142. The lowest BCUT2D eigenvalue weighted by Crippen LogP contribution is -2.26. The maximum absolute atomic E-state index is 11.7. The van der Waals surface area contributed by atoms with Crippen LogP contribution in [-0.4, -0.2) is 19.1 Å². The molecule has 1 heterocycles. The quantitative estimate of drug-likeness (QED) is 0.752. The van der Waals surface area contributed by atoms with Gasteiger partial charge in [0.15, 0.2) is 0 Å². The van der Waals surface area contributed by atoms with E-state index in [0.29, 0.717) is 0 Å². The van der Waals surface area contributed by atoms with Crippen molar-refractivity contribution in [3.05, 3.63) is 29.8 Å². The van der Waals surface area contributed by atoms with Crippen molar-refractivity contribution in [1.29, 1.82) is 0 Å². The Balaban J connectivity index is 2.38. The van der Waals surface area contributed by atoms with E-state index >= 15 is 0 Å². The maximum atomic E-state index is 11.7. The number of nitrogens with one attached hydrogen (secondary N) is 1. The summed E-state index contributed by atoms with van der Waals surface area (Å²) in [6.07, 6.45) is 0.911. The van der Waals surface area contributed by atoms with Crippen molar-refractivity contribution in [3.63, 3.8) is 0 Å². The fraction of sp³-hybridized carbons (Fsp3) is 0.417. The second-order valence-electron chi connectivity index (χ2n) is 3.75. The minimum absolute atomic E-state index is 0.153. The summed E-state index contributed by atoms with van der Waals surface area (Å²) in [7, 11) is 1.44. The van der Waals surface area contributed by atoms with Crippen LogP contribution in [0.3, 0.4) is 0 Å². The third kappa shape index (κ3) is 1.58. The molecule has 0 spiro atoms. The molecule has 3 heteroatoms. The molecule has 2 unspecified atom stereocenters. The van der Waals surface area contributed by atoms with Crippen LogP contribution in [0.5, 0.6) is 0 Å². The highest BCUT2D eigenvalue weighted by Gasteiger charge is 2.36. The van der Waals surface area contributed by atoms with Crippen LogP contribution < -0.4 is 5.32 Å². The smallest absolute Gasteiger partial charge is 0.315 e. The predicted octanol–water partition coefficient (Wildman–Crippen LogP) is 2.15. The van der Waals surface area contributed by atoms with Gasteiger partial charge in [-0.05, 0) is 18.1 Å². The van der Waals surface area contributed by atoms with Crippen molar-refractivity contribution in [1.82, 2.24) is 0 Å². The van der Waals surface area contributed by atoms with Gasteiger partial charge in [0.05, 0.1) is 7.11 Å². The number of methoxy groups -OCH3 is 1. The van der Waals surface area contributed by atoms with Crippen molar-refractivity contribution >= 4 is 11.7 Å². The second kappa shape index (κ2) is 3.93. The summed E-state index contributed by atoms with van der Waals surface area (Å²) >= 11 is 0. The zero-order chi connectivity index (χ0) is 10.8. The fourth-order valence-electron chi connectivity index (χ4n) is 2.16. The first-order valence-corrected chi connectivity index (χ1v) is 5.21. The van der Waals surface area contributed by atoms with Crippen molar-refractivity contribution in [2.75, 3.05) is 12.4 Å². The molecule has 0 saturated carbocycles. The van der Waals surface area contributed by atoms with Gasteiger partial charge in [0.2, 0.25) is 0 Å². The zero-order valence-corrected chi connectivity index (χ0v) is 8.99. The largest absolute Gasteiger partial charge is 0.468 e. The number of para-hydroxylation sites is 1. The molecular formula is C12H15NO2. The molecule has 3 nitrogen and oxygen atoms in total. The molecule has 0 saturated heterocycles. The van der Waals surface area contributed by atoms with E-state index in [9.17, 15) is 4.79 Å². The summed E-state index contributed by atoms with van der Waals surface area (Å²) in [5, 5.41) is 3.35. The molecule has 0 radical (unpaired) electrons. The molecule has 1 aromatic carbocycles. The Morgan fingerprint density at radius 1 is 1.47 bits per heavy atom. The van der Waals surface area contributed by atoms with Crippen molar-refractivity contribution < 1.29 is 9.53 Å². The van der Waals surface area contributed by atoms with Gasteiger partial charge in [0.1, 0.15) is 5.92 Å². The Labute approximate surface area is 89.4 Å². The third-order valence-electron chi connectivity index (χ3n) is 2.93. The Kier molecular flexibility index (Phi) is 2.62. The average molecular weight is 205 g/mol. The number of esters is 1. The Bertz CT molecular complexity index is 376. The van der Waals surface area contributed by atoms with Gasteiger partial charge in [-0.15, -0.1) is 0 Å². The highest BCUT2D eigenvalue weighted by atomic mass is 16.5. The highest BCUT2D eigenvalue weighted by Crippen LogP contribution is 2.37. The molecule has 2 rings (SSSR count). The lowest BCUT2D eigenvalue weighted by Gasteiger charge is -2.16. The van der Waals surface area contributed by atoms with Crippen LogP contribution in [0.25, 0.3) is 0 Å². The molecule has 15 heavy (non-hydrogen) atoms. The van der Waals surface area contributed by atoms with Crippen molar-refractivity contribution in [2.24, 2.45) is 0 Å². The zero-order valence-electron chi connectivity index (χ0n) is 8.99. The summed E-state index contributed by atoms with van der Waals surface area (Å²) in [6.45, 7) is 2.07. The van der Waals surface area contributed by atoms with E-state index in [1.165, 1.54) is 7.11 Å². The minimum atomic E-state index is -0.156. The predicted molar refractivity (Wildman–Crippen MR) is 58.9 cm³/mol. The van der Waals surface area contributed by atoms with Gasteiger partial charge in [0.25, 0.3) is 0 Å². The van der Waals surface area contributed by atoms with Crippen molar-refractivity contribution in [3.8, 4) is 0 Å². The first-order chi connectivity index (χ1) is 7.27. The molecule has 80 valence electrons. The van der Waals surface area contributed by atoms with Crippen LogP contribution in [0, 0.1) is 0 Å². The highest BCUT2D eigenvalue weighted by molar-refractivity contribution is 5.84. The Hall–Kier alpha value is -1.51. The van der Waals surface area contributed by atoms with Gasteiger partial charge in [-0.3, -0.25) is 4.79 Å². The molecule has 2 atom stereocenters. The number of hydrogen-bond acceptors (Lipinski definition) is 3. The maximum Gasteiger partial charge on any atom is 0.315 e. The molecule has 1 aliphatic rings. The molecule has 1 aliphatic heterocycles. The van der Waals surface area contributed by atoms with Crippen LogP contribution in [0.2, 0.25) is 0 Å². The van der Waals surface area contributed by atoms with Crippen LogP contribution in [0.15, 0.2) is 24.3 Å². The normalized spacial score (nSPS) is 23.1. The first-order valence-electron chi connectivity index (χ1n) is 5.21. The van der Waals surface area contributed by atoms with E-state index in [1.807, 2.05) is 24.3 Å². The second-order valence-corrected chi connectivity index (χ2v) is 3.75. The average Bonchev–Trinajstić information content (AvgIpc) is 2.66. The summed E-state index contributed by atoms with van der Waals surface area (Å²) in [5.41, 5.74) is 2.11. The van der Waals surface area contributed by atoms with E-state index in [-0.39, 0.29) is 17.9 Å². The van der Waals surface area contributed by atoms with Crippen LogP contribution >= 0.6 is 0 Å². The minimum Gasteiger partial charge on any atom is -0.468 e. The Morgan fingerprint density at radius 2 is 2.20 bits per heavy atom. The first kappa shape index (κ1) is 10.0.